The molecule has 82 valence electrons. The molecule has 0 aliphatic heterocycles. The Kier molecular flexibility index (Phi) is 3.22. The van der Waals surface area contributed by atoms with Gasteiger partial charge in [-0.1, -0.05) is 11.6 Å². The Labute approximate surface area is 102 Å². The average Bonchev–Trinajstić information content (AvgIpc) is 2.27. The monoisotopic (exact) mass is 255 g/mol. The van der Waals surface area contributed by atoms with E-state index in [1.165, 1.54) is 6.20 Å². The molecule has 0 N–H and O–H groups in total. The Morgan fingerprint density at radius 1 is 1.25 bits per heavy atom. The van der Waals surface area contributed by atoms with Gasteiger partial charge in [-0.2, -0.15) is 4.98 Å². The fourth-order valence-corrected chi connectivity index (χ4v) is 1.34. The van der Waals surface area contributed by atoms with Gasteiger partial charge in [-0.15, -0.1) is 0 Å². The third-order valence-corrected chi connectivity index (χ3v) is 2.29. The molecule has 0 aromatic carbocycles. The van der Waals surface area contributed by atoms with Crippen molar-refractivity contribution in [1.82, 2.24) is 15.0 Å². The molecule has 0 aliphatic rings. The first-order chi connectivity index (χ1) is 7.66. The minimum atomic E-state index is 0.0842. The molecule has 2 aromatic heterocycles. The number of hydrogen-bond donors (Lipinski definition) is 0. The van der Waals surface area contributed by atoms with Crippen molar-refractivity contribution in [3.63, 3.8) is 0 Å². The second kappa shape index (κ2) is 4.63. The molecule has 0 radical (unpaired) electrons. The van der Waals surface area contributed by atoms with Gasteiger partial charge in [0.15, 0.2) is 5.75 Å². The van der Waals surface area contributed by atoms with Crippen LogP contribution in [-0.2, 0) is 0 Å². The van der Waals surface area contributed by atoms with Gasteiger partial charge in [-0.05, 0) is 30.7 Å². The van der Waals surface area contributed by atoms with Crippen LogP contribution in [0.4, 0.5) is 0 Å². The molecule has 0 bridgehead atoms. The zero-order valence-corrected chi connectivity index (χ0v) is 9.83. The summed E-state index contributed by atoms with van der Waals surface area (Å²) in [4.78, 5) is 11.7. The normalized spacial score (nSPS) is 10.2. The van der Waals surface area contributed by atoms with Crippen molar-refractivity contribution in [3.8, 4) is 11.6 Å². The van der Waals surface area contributed by atoms with Crippen molar-refractivity contribution < 1.29 is 4.74 Å². The van der Waals surface area contributed by atoms with Gasteiger partial charge >= 0.3 is 0 Å². The summed E-state index contributed by atoms with van der Waals surface area (Å²) in [6.45, 7) is 1.83. The molecule has 0 saturated heterocycles. The van der Waals surface area contributed by atoms with Crippen LogP contribution in [0.1, 0.15) is 5.69 Å². The van der Waals surface area contributed by atoms with E-state index in [9.17, 15) is 0 Å². The highest BCUT2D eigenvalue weighted by Crippen LogP contribution is 2.28. The molecule has 0 atom stereocenters. The fourth-order valence-electron chi connectivity index (χ4n) is 1.08. The van der Waals surface area contributed by atoms with E-state index in [0.717, 1.165) is 5.69 Å². The second-order valence-corrected chi connectivity index (χ2v) is 3.73. The molecule has 2 heterocycles. The topological polar surface area (TPSA) is 47.9 Å². The third-order valence-electron chi connectivity index (χ3n) is 1.85. The first-order valence-corrected chi connectivity index (χ1v) is 5.20. The highest BCUT2D eigenvalue weighted by atomic mass is 35.5. The van der Waals surface area contributed by atoms with Gasteiger partial charge < -0.3 is 4.74 Å². The number of pyridine rings is 1. The maximum Gasteiger partial charge on any atom is 0.242 e. The molecule has 0 unspecified atom stereocenters. The summed E-state index contributed by atoms with van der Waals surface area (Å²) in [6, 6.07) is 3.54. The molecule has 2 aromatic rings. The van der Waals surface area contributed by atoms with Crippen molar-refractivity contribution in [2.24, 2.45) is 0 Å². The largest absolute Gasteiger partial charge is 0.435 e. The number of nitrogens with zero attached hydrogens (tertiary/aromatic N) is 3. The lowest BCUT2D eigenvalue weighted by molar-refractivity contribution is 0.455. The van der Waals surface area contributed by atoms with Gasteiger partial charge in [0.2, 0.25) is 11.2 Å². The van der Waals surface area contributed by atoms with Crippen LogP contribution in [0.25, 0.3) is 0 Å². The zero-order chi connectivity index (χ0) is 11.5. The Hall–Kier alpha value is -1.39. The minimum Gasteiger partial charge on any atom is -0.435 e. The molecule has 0 fully saturated rings. The van der Waals surface area contributed by atoms with E-state index in [1.807, 2.05) is 6.92 Å². The molecule has 0 amide bonds. The Bertz CT molecular complexity index is 519. The first kappa shape index (κ1) is 11.1. The van der Waals surface area contributed by atoms with Gasteiger partial charge in [-0.25, -0.2) is 4.98 Å². The van der Waals surface area contributed by atoms with Crippen LogP contribution in [-0.4, -0.2) is 15.0 Å². The predicted molar refractivity (Wildman–Crippen MR) is 61.1 cm³/mol. The van der Waals surface area contributed by atoms with E-state index in [-0.39, 0.29) is 11.2 Å². The van der Waals surface area contributed by atoms with Crippen molar-refractivity contribution in [2.75, 3.05) is 0 Å². The maximum absolute atomic E-state index is 5.87. The summed E-state index contributed by atoms with van der Waals surface area (Å²) in [5.74, 6) is 0.803. The van der Waals surface area contributed by atoms with E-state index >= 15 is 0 Å². The second-order valence-electron chi connectivity index (χ2n) is 2.98. The molecule has 16 heavy (non-hydrogen) atoms. The van der Waals surface area contributed by atoms with Gasteiger partial charge in [0.05, 0.1) is 11.9 Å². The molecule has 2 rings (SSSR count). The highest BCUT2D eigenvalue weighted by Gasteiger charge is 2.08. The average molecular weight is 256 g/mol. The number of halogens is 2. The Balaban J connectivity index is 2.34. The number of rotatable bonds is 2. The number of hydrogen-bond acceptors (Lipinski definition) is 4. The molecule has 4 nitrogen and oxygen atoms in total. The van der Waals surface area contributed by atoms with Gasteiger partial charge in [0, 0.05) is 6.20 Å². The number of aryl methyl sites for hydroxylation is 1. The van der Waals surface area contributed by atoms with Gasteiger partial charge in [-0.3, -0.25) is 4.98 Å². The molecular formula is C10H7Cl2N3O. The minimum absolute atomic E-state index is 0.0842. The van der Waals surface area contributed by atoms with Crippen LogP contribution < -0.4 is 4.74 Å². The van der Waals surface area contributed by atoms with E-state index in [1.54, 1.807) is 18.3 Å². The van der Waals surface area contributed by atoms with E-state index < -0.39 is 0 Å². The number of ether oxygens (including phenoxy) is 1. The quantitative estimate of drug-likeness (QED) is 0.773. The van der Waals surface area contributed by atoms with E-state index in [4.69, 9.17) is 27.9 Å². The summed E-state index contributed by atoms with van der Waals surface area (Å²) in [5, 5.41) is 0.383. The SMILES string of the molecule is Cc1ncccc1Oc1nc(Cl)ncc1Cl. The molecule has 0 saturated carbocycles. The lowest BCUT2D eigenvalue weighted by Gasteiger charge is -2.07. The van der Waals surface area contributed by atoms with Gasteiger partial charge in [0.25, 0.3) is 0 Å². The van der Waals surface area contributed by atoms with Crippen molar-refractivity contribution in [3.05, 3.63) is 40.5 Å². The third kappa shape index (κ3) is 2.40. The van der Waals surface area contributed by atoms with Crippen LogP contribution in [0.2, 0.25) is 10.3 Å². The first-order valence-electron chi connectivity index (χ1n) is 4.44. The molecule has 0 aliphatic carbocycles. The summed E-state index contributed by atoms with van der Waals surface area (Å²) < 4.78 is 5.49. The van der Waals surface area contributed by atoms with Crippen LogP contribution in [0.3, 0.4) is 0 Å². The van der Waals surface area contributed by atoms with E-state index in [2.05, 4.69) is 15.0 Å². The maximum atomic E-state index is 5.87. The van der Waals surface area contributed by atoms with Crippen molar-refractivity contribution >= 4 is 23.2 Å². The molecule has 6 heteroatoms. The van der Waals surface area contributed by atoms with Crippen molar-refractivity contribution in [2.45, 2.75) is 6.92 Å². The zero-order valence-electron chi connectivity index (χ0n) is 8.32. The smallest absolute Gasteiger partial charge is 0.242 e. The highest BCUT2D eigenvalue weighted by molar-refractivity contribution is 6.32. The molecular weight excluding hydrogens is 249 g/mol. The van der Waals surface area contributed by atoms with E-state index in [0.29, 0.717) is 10.8 Å². The van der Waals surface area contributed by atoms with Crippen molar-refractivity contribution in [1.29, 1.82) is 0 Å². The number of aromatic nitrogens is 3. The Morgan fingerprint density at radius 3 is 2.81 bits per heavy atom. The summed E-state index contributed by atoms with van der Waals surface area (Å²) in [7, 11) is 0. The molecule has 0 spiro atoms. The van der Waals surface area contributed by atoms with Crippen LogP contribution in [0.5, 0.6) is 11.6 Å². The summed E-state index contributed by atoms with van der Waals surface area (Å²) in [5.41, 5.74) is 0.744. The van der Waals surface area contributed by atoms with Crippen LogP contribution >= 0.6 is 23.2 Å². The summed E-state index contributed by atoms with van der Waals surface area (Å²) in [6.07, 6.45) is 3.06. The van der Waals surface area contributed by atoms with Crippen LogP contribution in [0, 0.1) is 6.92 Å². The predicted octanol–water partition coefficient (Wildman–Crippen LogP) is 3.28. The van der Waals surface area contributed by atoms with Crippen LogP contribution in [0.15, 0.2) is 24.5 Å². The summed E-state index contributed by atoms with van der Waals surface area (Å²) >= 11 is 11.5. The standard InChI is InChI=1S/C10H7Cl2N3O/c1-6-8(3-2-4-13-6)16-9-7(11)5-14-10(12)15-9/h2-5H,1H3. The fraction of sp³-hybridized carbons (Fsp3) is 0.100. The van der Waals surface area contributed by atoms with Gasteiger partial charge in [0.1, 0.15) is 5.02 Å². The Morgan fingerprint density at radius 2 is 2.06 bits per heavy atom. The lowest BCUT2D eigenvalue weighted by Crippen LogP contribution is -1.94. The lowest BCUT2D eigenvalue weighted by atomic mass is 10.3.